The van der Waals surface area contributed by atoms with E-state index in [9.17, 15) is 14.4 Å². The van der Waals surface area contributed by atoms with E-state index >= 15 is 0 Å². The fourth-order valence-corrected chi connectivity index (χ4v) is 3.80. The van der Waals surface area contributed by atoms with Gasteiger partial charge in [-0.1, -0.05) is 60.7 Å². The van der Waals surface area contributed by atoms with Crippen LogP contribution in [0.1, 0.15) is 36.0 Å². The van der Waals surface area contributed by atoms with Crippen molar-refractivity contribution in [2.75, 3.05) is 25.4 Å². The maximum Gasteiger partial charge on any atom is 0.307 e. The number of nitrogens with zero attached hydrogens (tertiary/aromatic N) is 2. The molecule has 1 heterocycles. The van der Waals surface area contributed by atoms with Crippen LogP contribution >= 0.6 is 0 Å². The largest absolute Gasteiger partial charge is 0.461 e. The molecule has 2 amide bonds. The van der Waals surface area contributed by atoms with Gasteiger partial charge in [-0.15, -0.1) is 0 Å². The van der Waals surface area contributed by atoms with Crippen molar-refractivity contribution in [3.05, 3.63) is 95.7 Å². The minimum absolute atomic E-state index is 0.0611. The first-order chi connectivity index (χ1) is 18.0. The normalized spacial score (nSPS) is 10.5. The number of pyridine rings is 1. The molecule has 37 heavy (non-hydrogen) atoms. The number of anilines is 1. The molecule has 0 aliphatic heterocycles. The van der Waals surface area contributed by atoms with Crippen LogP contribution in [0.25, 0.3) is 0 Å². The first-order valence-corrected chi connectivity index (χ1v) is 12.5. The standard InChI is InChI=1S/C29H34N4O4/c30-26-20-24(14-17-31-26)12-7-13-28(35)33(19-16-23-8-3-1-4-9-23)21-27(34)32-18-15-29(36)37-22-25-10-5-2-6-11-25/h1-6,8-11,14,17,20H,7,12-13,15-16,18-19,21-22H2,(H2,30,31)(H,32,34). The zero-order valence-corrected chi connectivity index (χ0v) is 21.0. The van der Waals surface area contributed by atoms with Gasteiger partial charge in [-0.2, -0.15) is 0 Å². The maximum absolute atomic E-state index is 13.0. The van der Waals surface area contributed by atoms with Crippen molar-refractivity contribution in [3.8, 4) is 0 Å². The molecule has 3 aromatic rings. The fraction of sp³-hybridized carbons (Fsp3) is 0.310. The number of hydrogen-bond donors (Lipinski definition) is 2. The minimum atomic E-state index is -0.391. The van der Waals surface area contributed by atoms with Gasteiger partial charge in [-0.3, -0.25) is 14.4 Å². The van der Waals surface area contributed by atoms with Crippen molar-refractivity contribution in [2.24, 2.45) is 0 Å². The predicted octanol–water partition coefficient (Wildman–Crippen LogP) is 3.31. The van der Waals surface area contributed by atoms with Crippen LogP contribution in [0.4, 0.5) is 5.82 Å². The van der Waals surface area contributed by atoms with E-state index in [1.165, 1.54) is 0 Å². The molecule has 8 heteroatoms. The van der Waals surface area contributed by atoms with Gasteiger partial charge in [0.1, 0.15) is 12.4 Å². The molecule has 0 bridgehead atoms. The van der Waals surface area contributed by atoms with E-state index in [4.69, 9.17) is 10.5 Å². The molecular formula is C29H34N4O4. The number of amides is 2. The summed E-state index contributed by atoms with van der Waals surface area (Å²) in [7, 11) is 0. The molecule has 0 fully saturated rings. The molecule has 2 aromatic carbocycles. The number of carbonyl (C=O) groups is 3. The lowest BCUT2D eigenvalue weighted by atomic mass is 10.1. The Labute approximate surface area is 217 Å². The predicted molar refractivity (Wildman–Crippen MR) is 142 cm³/mol. The highest BCUT2D eigenvalue weighted by molar-refractivity contribution is 5.85. The van der Waals surface area contributed by atoms with Crippen LogP contribution in [0.5, 0.6) is 0 Å². The number of aryl methyl sites for hydroxylation is 1. The lowest BCUT2D eigenvalue weighted by molar-refractivity contribution is -0.145. The van der Waals surface area contributed by atoms with Crippen LogP contribution in [-0.4, -0.2) is 47.3 Å². The highest BCUT2D eigenvalue weighted by Gasteiger charge is 2.17. The number of ether oxygens (including phenoxy) is 1. The monoisotopic (exact) mass is 502 g/mol. The molecule has 0 atom stereocenters. The Hall–Kier alpha value is -4.20. The van der Waals surface area contributed by atoms with Gasteiger partial charge in [-0.25, -0.2) is 4.98 Å². The van der Waals surface area contributed by atoms with Gasteiger partial charge in [0.25, 0.3) is 0 Å². The first kappa shape index (κ1) is 27.4. The molecule has 0 saturated carbocycles. The van der Waals surface area contributed by atoms with Gasteiger partial charge in [0.2, 0.25) is 11.8 Å². The Bertz CT molecular complexity index is 1140. The van der Waals surface area contributed by atoms with E-state index in [0.717, 1.165) is 16.7 Å². The molecule has 3 rings (SSSR count). The highest BCUT2D eigenvalue weighted by atomic mass is 16.5. The quantitative estimate of drug-likeness (QED) is 0.327. The molecule has 0 unspecified atom stereocenters. The molecule has 0 radical (unpaired) electrons. The molecular weight excluding hydrogens is 468 g/mol. The van der Waals surface area contributed by atoms with Crippen LogP contribution in [0.15, 0.2) is 79.0 Å². The molecule has 194 valence electrons. The van der Waals surface area contributed by atoms with Crippen LogP contribution in [0.2, 0.25) is 0 Å². The Morgan fingerprint density at radius 1 is 0.865 bits per heavy atom. The number of rotatable bonds is 14. The number of nitrogens with two attached hydrogens (primary N) is 1. The summed E-state index contributed by atoms with van der Waals surface area (Å²) in [6.07, 6.45) is 4.01. The summed E-state index contributed by atoms with van der Waals surface area (Å²) in [6.45, 7) is 0.711. The number of nitrogens with one attached hydrogen (secondary N) is 1. The summed E-state index contributed by atoms with van der Waals surface area (Å²) in [6, 6.07) is 22.9. The number of nitrogen functional groups attached to an aromatic ring is 1. The average Bonchev–Trinajstić information content (AvgIpc) is 2.91. The summed E-state index contributed by atoms with van der Waals surface area (Å²) < 4.78 is 5.24. The van der Waals surface area contributed by atoms with E-state index in [1.807, 2.05) is 66.7 Å². The van der Waals surface area contributed by atoms with E-state index in [2.05, 4.69) is 10.3 Å². The summed E-state index contributed by atoms with van der Waals surface area (Å²) in [5.41, 5.74) is 8.75. The summed E-state index contributed by atoms with van der Waals surface area (Å²) in [5.74, 6) is -0.332. The first-order valence-electron chi connectivity index (χ1n) is 12.5. The molecule has 0 saturated heterocycles. The molecule has 8 nitrogen and oxygen atoms in total. The van der Waals surface area contributed by atoms with Crippen molar-refractivity contribution in [1.82, 2.24) is 15.2 Å². The van der Waals surface area contributed by atoms with E-state index in [-0.39, 0.29) is 37.9 Å². The Morgan fingerprint density at radius 3 is 2.27 bits per heavy atom. The number of hydrogen-bond acceptors (Lipinski definition) is 6. The van der Waals surface area contributed by atoms with Gasteiger partial charge in [0, 0.05) is 25.7 Å². The van der Waals surface area contributed by atoms with E-state index in [1.54, 1.807) is 17.2 Å². The van der Waals surface area contributed by atoms with Crippen LogP contribution < -0.4 is 11.1 Å². The second-order valence-electron chi connectivity index (χ2n) is 8.74. The molecule has 3 N–H and O–H groups in total. The van der Waals surface area contributed by atoms with Crippen LogP contribution in [-0.2, 0) is 38.6 Å². The van der Waals surface area contributed by atoms with Crippen molar-refractivity contribution in [2.45, 2.75) is 38.7 Å². The Balaban J connectivity index is 1.45. The topological polar surface area (TPSA) is 115 Å². The third kappa shape index (κ3) is 10.5. The van der Waals surface area contributed by atoms with Crippen molar-refractivity contribution in [3.63, 3.8) is 0 Å². The summed E-state index contributed by atoms with van der Waals surface area (Å²) >= 11 is 0. The van der Waals surface area contributed by atoms with Gasteiger partial charge >= 0.3 is 5.97 Å². The van der Waals surface area contributed by atoms with Crippen molar-refractivity contribution in [1.29, 1.82) is 0 Å². The van der Waals surface area contributed by atoms with Crippen molar-refractivity contribution >= 4 is 23.6 Å². The van der Waals surface area contributed by atoms with Gasteiger partial charge in [0.05, 0.1) is 13.0 Å². The SMILES string of the molecule is Nc1cc(CCCC(=O)N(CCc2ccccc2)CC(=O)NCCC(=O)OCc2ccccc2)ccn1. The number of esters is 1. The minimum Gasteiger partial charge on any atom is -0.461 e. The van der Waals surface area contributed by atoms with Crippen LogP contribution in [0.3, 0.4) is 0 Å². The second kappa shape index (κ2) is 15.0. The highest BCUT2D eigenvalue weighted by Crippen LogP contribution is 2.10. The molecule has 0 aliphatic carbocycles. The lowest BCUT2D eigenvalue weighted by Gasteiger charge is -2.22. The maximum atomic E-state index is 13.0. The van der Waals surface area contributed by atoms with E-state index < -0.39 is 5.97 Å². The number of aromatic nitrogens is 1. The van der Waals surface area contributed by atoms with Crippen LogP contribution in [0, 0.1) is 0 Å². The zero-order chi connectivity index (χ0) is 26.3. The lowest BCUT2D eigenvalue weighted by Crippen LogP contribution is -2.42. The molecule has 0 spiro atoms. The Kier molecular flexibility index (Phi) is 11.1. The fourth-order valence-electron chi connectivity index (χ4n) is 3.80. The van der Waals surface area contributed by atoms with E-state index in [0.29, 0.717) is 38.0 Å². The molecule has 1 aromatic heterocycles. The van der Waals surface area contributed by atoms with Gasteiger partial charge in [0.15, 0.2) is 0 Å². The third-order valence-corrected chi connectivity index (χ3v) is 5.80. The Morgan fingerprint density at radius 2 is 1.57 bits per heavy atom. The molecule has 0 aliphatic rings. The summed E-state index contributed by atoms with van der Waals surface area (Å²) in [4.78, 5) is 43.1. The number of carbonyl (C=O) groups excluding carboxylic acids is 3. The number of benzene rings is 2. The van der Waals surface area contributed by atoms with Gasteiger partial charge in [-0.05, 0) is 48.1 Å². The smallest absolute Gasteiger partial charge is 0.307 e. The van der Waals surface area contributed by atoms with Crippen molar-refractivity contribution < 1.29 is 19.1 Å². The summed E-state index contributed by atoms with van der Waals surface area (Å²) in [5, 5.41) is 2.73. The second-order valence-corrected chi connectivity index (χ2v) is 8.74. The third-order valence-electron chi connectivity index (χ3n) is 5.80. The zero-order valence-electron chi connectivity index (χ0n) is 21.0. The van der Waals surface area contributed by atoms with Gasteiger partial charge < -0.3 is 20.7 Å². The average molecular weight is 503 g/mol.